The van der Waals surface area contributed by atoms with Gasteiger partial charge in [-0.15, -0.1) is 5.92 Å². The lowest BCUT2D eigenvalue weighted by Gasteiger charge is -2.37. The first-order valence-electron chi connectivity index (χ1n) is 32.1. The van der Waals surface area contributed by atoms with Gasteiger partial charge in [-0.1, -0.05) is 318 Å². The first-order chi connectivity index (χ1) is 39.2. The van der Waals surface area contributed by atoms with Crippen molar-refractivity contribution < 1.29 is 4.74 Å². The zero-order chi connectivity index (χ0) is 61.5. The van der Waals surface area contributed by atoms with Crippen LogP contribution in [-0.4, -0.2) is 20.0 Å². The van der Waals surface area contributed by atoms with Gasteiger partial charge in [0.2, 0.25) is 13.4 Å². The Kier molecular flexibility index (Phi) is 18.8. The highest BCUT2D eigenvalue weighted by atomic mass is 16.5. The predicted octanol–water partition coefficient (Wildman–Crippen LogP) is 17.4. The molecule has 0 spiro atoms. The number of benzene rings is 6. The maximum Gasteiger partial charge on any atom is 0.243 e. The number of fused-ring (bicyclic) bond motifs is 4. The molecule has 0 amide bonds. The van der Waals surface area contributed by atoms with Gasteiger partial charge in [-0.25, -0.2) is 0 Å². The highest BCUT2D eigenvalue weighted by molar-refractivity contribution is 6.99. The van der Waals surface area contributed by atoms with Crippen LogP contribution in [0.4, 0.5) is 0 Å². The smallest absolute Gasteiger partial charge is 0.243 e. The van der Waals surface area contributed by atoms with Crippen LogP contribution in [0.5, 0.6) is 5.75 Å². The predicted molar refractivity (Wildman–Crippen MR) is 374 cm³/mol. The van der Waals surface area contributed by atoms with E-state index >= 15 is 0 Å². The van der Waals surface area contributed by atoms with Crippen molar-refractivity contribution in [3.8, 4) is 29.4 Å². The molecule has 2 heterocycles. The summed E-state index contributed by atoms with van der Waals surface area (Å²) >= 11 is 0. The van der Waals surface area contributed by atoms with E-state index in [2.05, 4.69) is 278 Å². The van der Waals surface area contributed by atoms with Crippen molar-refractivity contribution in [1.29, 1.82) is 0 Å². The summed E-state index contributed by atoms with van der Waals surface area (Å²) in [7, 11) is 0. The van der Waals surface area contributed by atoms with Gasteiger partial charge in [-0.05, 0) is 145 Å². The molecule has 0 aliphatic carbocycles. The summed E-state index contributed by atoms with van der Waals surface area (Å²) in [6, 6.07) is 34.0. The summed E-state index contributed by atoms with van der Waals surface area (Å²) in [5.74, 6) is 14.6. The molecule has 2 aliphatic rings. The van der Waals surface area contributed by atoms with E-state index < -0.39 is 0 Å². The van der Waals surface area contributed by atoms with Crippen molar-refractivity contribution in [3.63, 3.8) is 0 Å². The van der Waals surface area contributed by atoms with Crippen molar-refractivity contribution in [2.75, 3.05) is 6.61 Å². The van der Waals surface area contributed by atoms with E-state index in [0.29, 0.717) is 6.61 Å². The molecule has 0 atom stereocenters. The topological polar surface area (TPSA) is 9.23 Å². The number of hydrogen-bond donors (Lipinski definition) is 0. The second-order valence-electron chi connectivity index (χ2n) is 31.2. The van der Waals surface area contributed by atoms with Gasteiger partial charge in [-0.3, -0.25) is 0 Å². The number of ether oxygens (including phenoxy) is 1. The molecular formula is C81H102B2O. The zero-order valence-electron chi connectivity index (χ0n) is 56.3. The first-order valence-corrected chi connectivity index (χ1v) is 32.1. The molecule has 3 heteroatoms. The molecule has 1 nitrogen and oxygen atoms in total. The Bertz CT molecular complexity index is 3550. The summed E-state index contributed by atoms with van der Waals surface area (Å²) in [5, 5.41) is 0. The third kappa shape index (κ3) is 14.2. The fourth-order valence-corrected chi connectivity index (χ4v) is 12.9. The normalized spacial score (nSPS) is 13.5. The number of hydrogen-bond acceptors (Lipinski definition) is 1. The summed E-state index contributed by atoms with van der Waals surface area (Å²) in [4.78, 5) is 0. The van der Waals surface area contributed by atoms with Crippen LogP contribution in [0.25, 0.3) is 24.3 Å². The average molecular weight is 1110 g/mol. The van der Waals surface area contributed by atoms with Crippen LogP contribution >= 0.6 is 0 Å². The lowest BCUT2D eigenvalue weighted by atomic mass is 9.31. The lowest BCUT2D eigenvalue weighted by Crippen LogP contribution is -2.60. The fourth-order valence-electron chi connectivity index (χ4n) is 12.9. The van der Waals surface area contributed by atoms with Crippen molar-refractivity contribution in [2.24, 2.45) is 0 Å². The van der Waals surface area contributed by atoms with Gasteiger partial charge >= 0.3 is 0 Å². The van der Waals surface area contributed by atoms with Crippen LogP contribution < -0.4 is 37.5 Å². The molecule has 8 rings (SSSR count). The van der Waals surface area contributed by atoms with Gasteiger partial charge in [0.05, 0.1) is 12.2 Å². The van der Waals surface area contributed by atoms with E-state index in [-0.39, 0.29) is 45.9 Å². The summed E-state index contributed by atoms with van der Waals surface area (Å²) in [5.41, 5.74) is 26.4. The molecule has 84 heavy (non-hydrogen) atoms. The first kappa shape index (κ1) is 63.9. The Labute approximate surface area is 513 Å². The monoisotopic (exact) mass is 1110 g/mol. The number of aryl methyl sites for hydroxylation is 2. The minimum Gasteiger partial charge on any atom is -0.492 e. The third-order valence-corrected chi connectivity index (χ3v) is 17.8. The molecule has 2 aliphatic heterocycles. The molecule has 0 saturated carbocycles. The Morgan fingerprint density at radius 2 is 0.810 bits per heavy atom. The molecule has 6 aromatic rings. The largest absolute Gasteiger partial charge is 0.492 e. The van der Waals surface area contributed by atoms with Crippen molar-refractivity contribution in [3.05, 3.63) is 168 Å². The number of unbranched alkanes of at least 4 members (excludes halogenated alkanes) is 7. The second kappa shape index (κ2) is 24.7. The van der Waals surface area contributed by atoms with E-state index in [4.69, 9.17) is 4.74 Å². The maximum absolute atomic E-state index is 6.52. The van der Waals surface area contributed by atoms with Crippen LogP contribution in [0, 0.1) is 37.5 Å². The average Bonchev–Trinajstić information content (AvgIpc) is 1.26. The number of rotatable bonds is 12. The summed E-state index contributed by atoms with van der Waals surface area (Å²) < 4.78 is 6.52. The van der Waals surface area contributed by atoms with Gasteiger partial charge in [0.25, 0.3) is 0 Å². The summed E-state index contributed by atoms with van der Waals surface area (Å²) in [6.45, 7) is 52.4. The molecule has 0 unspecified atom stereocenters. The molecule has 0 fully saturated rings. The molecule has 0 radical (unpaired) electrons. The molecule has 0 aromatic heterocycles. The van der Waals surface area contributed by atoms with Gasteiger partial charge < -0.3 is 4.74 Å². The van der Waals surface area contributed by atoms with E-state index in [9.17, 15) is 0 Å². The van der Waals surface area contributed by atoms with Gasteiger partial charge in [0.15, 0.2) is 0 Å². The Hall–Kier alpha value is -6.15. The zero-order valence-corrected chi connectivity index (χ0v) is 56.3. The molecule has 0 saturated heterocycles. The van der Waals surface area contributed by atoms with E-state index in [0.717, 1.165) is 34.4 Å². The van der Waals surface area contributed by atoms with Crippen molar-refractivity contribution >= 4 is 70.5 Å². The fraction of sp³-hybridized carbons (Fsp3) is 0.457. The Morgan fingerprint density at radius 1 is 0.393 bits per heavy atom. The molecule has 0 bridgehead atoms. The minimum absolute atomic E-state index is 0.0170. The lowest BCUT2D eigenvalue weighted by molar-refractivity contribution is 0.303. The van der Waals surface area contributed by atoms with E-state index in [1.807, 2.05) is 6.92 Å². The Balaban J connectivity index is 1.37. The molecule has 6 aromatic carbocycles. The molecular weight excluding hydrogens is 1010 g/mol. The Morgan fingerprint density at radius 3 is 1.24 bits per heavy atom. The third-order valence-electron chi connectivity index (χ3n) is 17.8. The van der Waals surface area contributed by atoms with E-state index in [1.165, 1.54) is 139 Å². The van der Waals surface area contributed by atoms with Crippen LogP contribution in [-0.2, 0) is 32.5 Å². The van der Waals surface area contributed by atoms with Crippen molar-refractivity contribution in [1.82, 2.24) is 0 Å². The highest BCUT2D eigenvalue weighted by Gasteiger charge is 2.42. The quantitative estimate of drug-likeness (QED) is 0.0673. The second-order valence-corrected chi connectivity index (χ2v) is 31.2. The van der Waals surface area contributed by atoms with Gasteiger partial charge in [-0.2, -0.15) is 0 Å². The van der Waals surface area contributed by atoms with E-state index in [1.54, 1.807) is 0 Å². The molecule has 438 valence electrons. The van der Waals surface area contributed by atoms with Crippen molar-refractivity contribution in [2.45, 2.75) is 236 Å². The SMILES string of the molecule is CC#Cc1cc(C)c(C#Cc2ccc3c(c2)C=Cc2cc4c(cc2B3c2c(C(C)(C)C)cc(C(C)(C)C)cc2C(C)(C)C)C=Cc2cc(C)ccc2B4c2c(C(C)(C)C)cc(C(C)(C)C)cc2C(C)(C)C)cc1OCCCCCCCCCC. The van der Waals surface area contributed by atoms with Crippen LogP contribution in [0.1, 0.15) is 273 Å². The highest BCUT2D eigenvalue weighted by Crippen LogP contribution is 2.37. The molecule has 0 N–H and O–H groups in total. The van der Waals surface area contributed by atoms with Crippen LogP contribution in [0.3, 0.4) is 0 Å². The standard InChI is InChI=1S/C81H102B2O/c1-23-25-26-27-28-29-30-31-43-84-73-49-57(55(4)45-62(73)32-24-2)36-34-56-35-42-70-59(46-56)38-40-61-48-71-60(47-72(61)83(70)75-67(80(17,18)19)52-64(77(8,9)10)53-68(75)81(20,21)22)39-37-58-44-54(3)33-41-69(58)82(71)74-65(78(11,12)13)50-63(76(5,6)7)51-66(74)79(14,15)16/h33,35,37-42,44-53H,23,25-31,43H2,1-22H3. The van der Waals surface area contributed by atoms with Gasteiger partial charge in [0, 0.05) is 11.1 Å². The summed E-state index contributed by atoms with van der Waals surface area (Å²) in [6.07, 6.45) is 19.8. The maximum atomic E-state index is 6.52. The van der Waals surface area contributed by atoms with Gasteiger partial charge in [0.1, 0.15) is 5.75 Å². The minimum atomic E-state index is -0.156. The van der Waals surface area contributed by atoms with Crippen LogP contribution in [0.15, 0.2) is 84.9 Å². The van der Waals surface area contributed by atoms with Crippen LogP contribution in [0.2, 0.25) is 0 Å².